The van der Waals surface area contributed by atoms with Crippen LogP contribution in [-0.4, -0.2) is 18.4 Å². The van der Waals surface area contributed by atoms with E-state index in [0.29, 0.717) is 0 Å². The Kier molecular flexibility index (Phi) is 1.82. The summed E-state index contributed by atoms with van der Waals surface area (Å²) in [4.78, 5) is 21.3. The van der Waals surface area contributed by atoms with Crippen LogP contribution in [0.15, 0.2) is 0 Å². The zero-order chi connectivity index (χ0) is 9.78. The third-order valence-electron chi connectivity index (χ3n) is 0.610. The van der Waals surface area contributed by atoms with E-state index in [1.807, 2.05) is 0 Å². The van der Waals surface area contributed by atoms with Gasteiger partial charge in [0.15, 0.2) is 0 Å². The number of hydrogen-bond donors (Lipinski definition) is 0. The van der Waals surface area contributed by atoms with Gasteiger partial charge in [-0.3, -0.25) is 9.59 Å². The van der Waals surface area contributed by atoms with Gasteiger partial charge in [0.05, 0.1) is 6.61 Å². The quantitative estimate of drug-likeness (QED) is 0.416. The Hall–Kier alpha value is -0.860. The summed E-state index contributed by atoms with van der Waals surface area (Å²) in [6.07, 6.45) is -0.676. The molecule has 3 nitrogen and oxygen atoms in total. The minimum absolute atomic E-state index is 0.146. The molecule has 0 amide bonds. The van der Waals surface area contributed by atoms with Gasteiger partial charge >= 0.3 is 5.97 Å². The molecule has 0 aromatic rings. The topological polar surface area (TPSA) is 43.4 Å². The maximum Gasteiger partial charge on any atom is 0.313 e. The van der Waals surface area contributed by atoms with Crippen LogP contribution in [0, 0.1) is 0 Å². The van der Waals surface area contributed by atoms with Crippen LogP contribution < -0.4 is 0 Å². The lowest BCUT2D eigenvalue weighted by Gasteiger charge is -1.96. The van der Waals surface area contributed by atoms with E-state index >= 15 is 0 Å². The number of ether oxygens (including phenoxy) is 1. The van der Waals surface area contributed by atoms with Gasteiger partial charge in [0.25, 0.3) is 0 Å². The molecule has 0 aliphatic rings. The lowest BCUT2D eigenvalue weighted by molar-refractivity contribution is -0.145. The second kappa shape index (κ2) is 4.06. The number of ketones is 1. The first-order valence-electron chi connectivity index (χ1n) is 4.07. The Labute approximate surface area is 58.2 Å². The number of carbonyl (C=O) groups excluding carboxylic acids is 2. The smallest absolute Gasteiger partial charge is 0.313 e. The average molecular weight is 133 g/mol. The van der Waals surface area contributed by atoms with Crippen molar-refractivity contribution in [2.45, 2.75) is 20.2 Å². The Balaban J connectivity index is 3.94. The highest BCUT2D eigenvalue weighted by Gasteiger charge is 2.03. The number of rotatable bonds is 3. The van der Waals surface area contributed by atoms with Gasteiger partial charge in [-0.2, -0.15) is 0 Å². The van der Waals surface area contributed by atoms with Crippen molar-refractivity contribution in [3.05, 3.63) is 0 Å². The molecule has 0 aliphatic heterocycles. The molecule has 0 fully saturated rings. The van der Waals surface area contributed by atoms with Crippen molar-refractivity contribution < 1.29 is 18.4 Å². The largest absolute Gasteiger partial charge is 0.466 e. The first-order chi connectivity index (χ1) is 5.38. The van der Waals surface area contributed by atoms with E-state index in [1.54, 1.807) is 6.92 Å². The van der Waals surface area contributed by atoms with Gasteiger partial charge in [0.2, 0.25) is 0 Å². The molecule has 0 saturated heterocycles. The Morgan fingerprint density at radius 3 is 2.78 bits per heavy atom. The molecule has 0 rings (SSSR count). The van der Waals surface area contributed by atoms with E-state index in [9.17, 15) is 9.59 Å². The summed E-state index contributed by atoms with van der Waals surface area (Å²) >= 11 is 0. The number of esters is 1. The molecule has 0 unspecified atom stereocenters. The highest BCUT2D eigenvalue weighted by Crippen LogP contribution is 1.86. The second-order valence-electron chi connectivity index (χ2n) is 1.40. The minimum atomic E-state index is -2.70. The monoisotopic (exact) mass is 133 g/mol. The summed E-state index contributed by atoms with van der Waals surface area (Å²) in [7, 11) is 0. The van der Waals surface area contributed by atoms with Crippen molar-refractivity contribution in [1.29, 1.82) is 0 Å². The second-order valence-corrected chi connectivity index (χ2v) is 1.40. The molecule has 3 heteroatoms. The molecule has 0 atom stereocenters. The molecule has 0 spiro atoms. The Bertz CT molecular complexity index is 185. The van der Waals surface area contributed by atoms with Gasteiger partial charge in [-0.05, 0) is 13.8 Å². The molecule has 0 aliphatic carbocycles. The Morgan fingerprint density at radius 1 is 1.67 bits per heavy atom. The summed E-state index contributed by atoms with van der Waals surface area (Å²) in [5.74, 6) is -1.88. The predicted octanol–water partition coefficient (Wildman–Crippen LogP) is 0.529. The van der Waals surface area contributed by atoms with Crippen LogP contribution in [0.1, 0.15) is 24.3 Å². The fourth-order valence-corrected chi connectivity index (χ4v) is 0.343. The van der Waals surface area contributed by atoms with E-state index in [0.717, 1.165) is 0 Å². The van der Waals surface area contributed by atoms with E-state index in [4.69, 9.17) is 4.11 Å². The zero-order valence-electron chi connectivity index (χ0n) is 8.14. The minimum Gasteiger partial charge on any atom is -0.466 e. The number of hydrogen-bond acceptors (Lipinski definition) is 3. The van der Waals surface area contributed by atoms with Crippen LogP contribution in [0.2, 0.25) is 0 Å². The molecule has 0 aromatic carbocycles. The molecule has 0 saturated carbocycles. The molecule has 0 aromatic heterocycles. The van der Waals surface area contributed by atoms with E-state index in [1.165, 1.54) is 0 Å². The molecule has 9 heavy (non-hydrogen) atoms. The average Bonchev–Trinajstić information content (AvgIpc) is 1.85. The first kappa shape index (κ1) is 4.04. The lowest BCUT2D eigenvalue weighted by Crippen LogP contribution is -2.07. The van der Waals surface area contributed by atoms with Gasteiger partial charge < -0.3 is 4.74 Å². The number of Topliss-reactive ketones (excluding diaryl/α,β-unsaturated/α-hetero) is 1. The van der Waals surface area contributed by atoms with Crippen molar-refractivity contribution in [2.24, 2.45) is 0 Å². The van der Waals surface area contributed by atoms with Crippen LogP contribution >= 0.6 is 0 Å². The lowest BCUT2D eigenvalue weighted by atomic mass is 10.3. The van der Waals surface area contributed by atoms with Gasteiger partial charge in [-0.15, -0.1) is 0 Å². The summed E-state index contributed by atoms with van der Waals surface area (Å²) in [5.41, 5.74) is 0. The SMILES string of the molecule is [2H]C([2H])([2H])C(=O)CC(=O)OCC. The predicted molar refractivity (Wildman–Crippen MR) is 31.9 cm³/mol. The maximum atomic E-state index is 10.7. The molecule has 0 bridgehead atoms. The molecule has 0 N–H and O–H groups in total. The van der Waals surface area contributed by atoms with Crippen molar-refractivity contribution in [1.82, 2.24) is 0 Å². The molecule has 0 heterocycles. The number of carbonyl (C=O) groups is 2. The van der Waals surface area contributed by atoms with Crippen molar-refractivity contribution in [2.75, 3.05) is 6.61 Å². The van der Waals surface area contributed by atoms with Gasteiger partial charge in [-0.1, -0.05) is 0 Å². The zero-order valence-corrected chi connectivity index (χ0v) is 5.14. The highest BCUT2D eigenvalue weighted by molar-refractivity contribution is 5.94. The van der Waals surface area contributed by atoms with Gasteiger partial charge in [-0.25, -0.2) is 0 Å². The maximum absolute atomic E-state index is 10.7. The van der Waals surface area contributed by atoms with Crippen LogP contribution in [-0.2, 0) is 14.3 Å². The van der Waals surface area contributed by atoms with Crippen molar-refractivity contribution in [3.8, 4) is 0 Å². The fraction of sp³-hybridized carbons (Fsp3) is 0.667. The van der Waals surface area contributed by atoms with Crippen LogP contribution in [0.5, 0.6) is 0 Å². The summed E-state index contributed by atoms with van der Waals surface area (Å²) in [6, 6.07) is 0. The summed E-state index contributed by atoms with van der Waals surface area (Å²) in [6.45, 7) is -0.975. The molecule has 52 valence electrons. The standard InChI is InChI=1S/C6H10O3/c1-3-9-6(8)4-5(2)7/h3-4H2,1-2H3/i2D3. The van der Waals surface area contributed by atoms with Crippen LogP contribution in [0.4, 0.5) is 0 Å². The van der Waals surface area contributed by atoms with Gasteiger partial charge in [0.1, 0.15) is 12.2 Å². The third-order valence-corrected chi connectivity index (χ3v) is 0.610. The summed E-state index contributed by atoms with van der Waals surface area (Å²) in [5, 5.41) is 0. The van der Waals surface area contributed by atoms with E-state index in [2.05, 4.69) is 4.74 Å². The van der Waals surface area contributed by atoms with Gasteiger partial charge in [0, 0.05) is 4.11 Å². The van der Waals surface area contributed by atoms with Crippen LogP contribution in [0.25, 0.3) is 0 Å². The van der Waals surface area contributed by atoms with Crippen molar-refractivity contribution >= 4 is 11.8 Å². The third kappa shape index (κ3) is 5.00. The molecular formula is C6H10O3. The van der Waals surface area contributed by atoms with E-state index in [-0.39, 0.29) is 6.61 Å². The molecular weight excluding hydrogens is 120 g/mol. The van der Waals surface area contributed by atoms with E-state index < -0.39 is 25.0 Å². The highest BCUT2D eigenvalue weighted by atomic mass is 16.5. The summed E-state index contributed by atoms with van der Waals surface area (Å²) < 4.78 is 24.3. The first-order valence-corrected chi connectivity index (χ1v) is 2.57. The normalized spacial score (nSPS) is 15.0. The Morgan fingerprint density at radius 2 is 2.33 bits per heavy atom. The molecule has 0 radical (unpaired) electrons. The fourth-order valence-electron chi connectivity index (χ4n) is 0.343. The van der Waals surface area contributed by atoms with Crippen molar-refractivity contribution in [3.63, 3.8) is 0 Å². The van der Waals surface area contributed by atoms with Crippen LogP contribution in [0.3, 0.4) is 0 Å².